The Labute approximate surface area is 93.4 Å². The first kappa shape index (κ1) is 10.6. The summed E-state index contributed by atoms with van der Waals surface area (Å²) in [5.74, 6) is 1.69. The van der Waals surface area contributed by atoms with Crippen LogP contribution in [-0.2, 0) is 6.42 Å². The summed E-state index contributed by atoms with van der Waals surface area (Å²) in [5.41, 5.74) is 1.22. The number of aryl methyl sites for hydroxylation is 1. The average molecular weight is 226 g/mol. The Balaban J connectivity index is 2.30. The maximum Gasteiger partial charge on any atom is 0.231 e. The normalized spacial score (nSPS) is 13.2. The molecular formula is C11H14O3S. The van der Waals surface area contributed by atoms with Crippen molar-refractivity contribution in [3.05, 3.63) is 17.7 Å². The summed E-state index contributed by atoms with van der Waals surface area (Å²) in [7, 11) is 0. The van der Waals surface area contributed by atoms with E-state index < -0.39 is 0 Å². The van der Waals surface area contributed by atoms with Gasteiger partial charge in [0.2, 0.25) is 6.79 Å². The highest BCUT2D eigenvalue weighted by atomic mass is 32.2. The second kappa shape index (κ2) is 4.77. The van der Waals surface area contributed by atoms with Gasteiger partial charge in [0.05, 0.1) is 4.90 Å². The van der Waals surface area contributed by atoms with Gasteiger partial charge in [-0.25, -0.2) is 0 Å². The first-order valence-corrected chi connectivity index (χ1v) is 6.15. The van der Waals surface area contributed by atoms with Crippen LogP contribution in [0.2, 0.25) is 0 Å². The molecule has 15 heavy (non-hydrogen) atoms. The van der Waals surface area contributed by atoms with Crippen LogP contribution in [0.15, 0.2) is 17.0 Å². The molecule has 0 atom stereocenters. The van der Waals surface area contributed by atoms with Crippen molar-refractivity contribution in [1.82, 2.24) is 0 Å². The van der Waals surface area contributed by atoms with Gasteiger partial charge in [0, 0.05) is 6.61 Å². The molecule has 1 aromatic carbocycles. The maximum atomic E-state index is 8.82. The molecule has 0 fully saturated rings. The number of hydrogen-bond donors (Lipinski definition) is 1. The topological polar surface area (TPSA) is 38.7 Å². The minimum Gasteiger partial charge on any atom is -0.454 e. The van der Waals surface area contributed by atoms with Crippen LogP contribution in [0.3, 0.4) is 0 Å². The molecule has 1 aliphatic rings. The van der Waals surface area contributed by atoms with Crippen LogP contribution in [0.25, 0.3) is 0 Å². The highest BCUT2D eigenvalue weighted by Crippen LogP contribution is 2.42. The number of hydrogen-bond acceptors (Lipinski definition) is 4. The van der Waals surface area contributed by atoms with E-state index in [4.69, 9.17) is 14.6 Å². The van der Waals surface area contributed by atoms with Gasteiger partial charge in [-0.1, -0.05) is 6.07 Å². The van der Waals surface area contributed by atoms with Crippen LogP contribution in [0.4, 0.5) is 0 Å². The summed E-state index contributed by atoms with van der Waals surface area (Å²) in [4.78, 5) is 1.14. The average Bonchev–Trinajstić information content (AvgIpc) is 2.73. The van der Waals surface area contributed by atoms with Crippen molar-refractivity contribution in [2.45, 2.75) is 17.7 Å². The van der Waals surface area contributed by atoms with Crippen LogP contribution in [0.5, 0.6) is 11.5 Å². The molecule has 0 amide bonds. The van der Waals surface area contributed by atoms with E-state index in [0.717, 1.165) is 29.2 Å². The van der Waals surface area contributed by atoms with Gasteiger partial charge in [0.1, 0.15) is 0 Å². The number of aliphatic hydroxyl groups is 1. The molecule has 1 aliphatic heterocycles. The van der Waals surface area contributed by atoms with Crippen LogP contribution in [0, 0.1) is 0 Å². The Morgan fingerprint density at radius 3 is 3.00 bits per heavy atom. The first-order chi connectivity index (χ1) is 7.36. The van der Waals surface area contributed by atoms with Crippen molar-refractivity contribution in [2.24, 2.45) is 0 Å². The number of thioether (sulfide) groups is 1. The van der Waals surface area contributed by atoms with E-state index in [1.807, 2.05) is 12.3 Å². The zero-order valence-electron chi connectivity index (χ0n) is 8.66. The highest BCUT2D eigenvalue weighted by molar-refractivity contribution is 7.98. The maximum absolute atomic E-state index is 8.82. The lowest BCUT2D eigenvalue weighted by atomic mass is 10.1. The molecule has 1 heterocycles. The lowest BCUT2D eigenvalue weighted by molar-refractivity contribution is 0.172. The van der Waals surface area contributed by atoms with Crippen molar-refractivity contribution in [2.75, 3.05) is 19.7 Å². The molecule has 0 spiro atoms. The SMILES string of the molecule is CSc1c(CCCO)ccc2c1OCO2. The monoisotopic (exact) mass is 226 g/mol. The van der Waals surface area contributed by atoms with Gasteiger partial charge in [0.15, 0.2) is 11.5 Å². The minimum absolute atomic E-state index is 0.224. The molecule has 0 unspecified atom stereocenters. The van der Waals surface area contributed by atoms with E-state index in [2.05, 4.69) is 6.07 Å². The van der Waals surface area contributed by atoms with E-state index in [9.17, 15) is 0 Å². The number of aliphatic hydroxyl groups excluding tert-OH is 1. The molecule has 0 radical (unpaired) electrons. The molecule has 4 heteroatoms. The van der Waals surface area contributed by atoms with E-state index in [1.54, 1.807) is 11.8 Å². The third kappa shape index (κ3) is 2.06. The van der Waals surface area contributed by atoms with Crippen molar-refractivity contribution >= 4 is 11.8 Å². The predicted octanol–water partition coefficient (Wildman–Crippen LogP) is 2.06. The molecular weight excluding hydrogens is 212 g/mol. The Kier molecular flexibility index (Phi) is 3.38. The van der Waals surface area contributed by atoms with Crippen LogP contribution < -0.4 is 9.47 Å². The molecule has 2 rings (SSSR count). The summed E-state index contributed by atoms with van der Waals surface area (Å²) < 4.78 is 10.8. The third-order valence-corrected chi connectivity index (χ3v) is 3.24. The third-order valence-electron chi connectivity index (χ3n) is 2.38. The Morgan fingerprint density at radius 2 is 2.27 bits per heavy atom. The van der Waals surface area contributed by atoms with Crippen molar-refractivity contribution in [1.29, 1.82) is 0 Å². The lowest BCUT2D eigenvalue weighted by Gasteiger charge is -2.09. The molecule has 0 saturated heterocycles. The zero-order valence-corrected chi connectivity index (χ0v) is 9.47. The van der Waals surface area contributed by atoms with Crippen LogP contribution in [0.1, 0.15) is 12.0 Å². The molecule has 1 N–H and O–H groups in total. The summed E-state index contributed by atoms with van der Waals surface area (Å²) in [5, 5.41) is 8.82. The fraction of sp³-hybridized carbons (Fsp3) is 0.455. The van der Waals surface area contributed by atoms with Gasteiger partial charge in [-0.05, 0) is 30.7 Å². The fourth-order valence-electron chi connectivity index (χ4n) is 1.68. The summed E-state index contributed by atoms with van der Waals surface area (Å²) in [6, 6.07) is 3.99. The summed E-state index contributed by atoms with van der Waals surface area (Å²) in [6.07, 6.45) is 3.69. The van der Waals surface area contributed by atoms with E-state index >= 15 is 0 Å². The Morgan fingerprint density at radius 1 is 1.40 bits per heavy atom. The fourth-order valence-corrected chi connectivity index (χ4v) is 2.45. The number of fused-ring (bicyclic) bond motifs is 1. The molecule has 82 valence electrons. The largest absolute Gasteiger partial charge is 0.454 e. The number of benzene rings is 1. The second-order valence-corrected chi connectivity index (χ2v) is 4.14. The smallest absolute Gasteiger partial charge is 0.231 e. The molecule has 1 aromatic rings. The van der Waals surface area contributed by atoms with Crippen molar-refractivity contribution in [3.8, 4) is 11.5 Å². The van der Waals surface area contributed by atoms with Gasteiger partial charge in [-0.3, -0.25) is 0 Å². The van der Waals surface area contributed by atoms with Crippen molar-refractivity contribution in [3.63, 3.8) is 0 Å². The van der Waals surface area contributed by atoms with Gasteiger partial charge >= 0.3 is 0 Å². The van der Waals surface area contributed by atoms with E-state index in [1.165, 1.54) is 5.56 Å². The first-order valence-electron chi connectivity index (χ1n) is 4.93. The van der Waals surface area contributed by atoms with Crippen molar-refractivity contribution < 1.29 is 14.6 Å². The minimum atomic E-state index is 0.224. The lowest BCUT2D eigenvalue weighted by Crippen LogP contribution is -1.95. The zero-order chi connectivity index (χ0) is 10.7. The molecule has 0 bridgehead atoms. The van der Waals surface area contributed by atoms with Crippen LogP contribution in [-0.4, -0.2) is 24.8 Å². The van der Waals surface area contributed by atoms with Gasteiger partial charge in [-0.2, -0.15) is 0 Å². The van der Waals surface area contributed by atoms with Gasteiger partial charge in [-0.15, -0.1) is 11.8 Å². The van der Waals surface area contributed by atoms with E-state index in [-0.39, 0.29) is 6.61 Å². The molecule has 0 aromatic heterocycles. The molecule has 3 nitrogen and oxygen atoms in total. The standard InChI is InChI=1S/C11H14O3S/c1-15-11-8(3-2-6-12)4-5-9-10(11)14-7-13-9/h4-5,12H,2-3,6-7H2,1H3. The molecule has 0 aliphatic carbocycles. The summed E-state index contributed by atoms with van der Waals surface area (Å²) in [6.45, 7) is 0.536. The quantitative estimate of drug-likeness (QED) is 0.798. The summed E-state index contributed by atoms with van der Waals surface area (Å²) >= 11 is 1.66. The Hall–Kier alpha value is -0.870. The highest BCUT2D eigenvalue weighted by Gasteiger charge is 2.19. The second-order valence-electron chi connectivity index (χ2n) is 3.32. The predicted molar refractivity (Wildman–Crippen MR) is 59.8 cm³/mol. The Bertz CT molecular complexity index is 352. The van der Waals surface area contributed by atoms with E-state index in [0.29, 0.717) is 6.79 Å². The molecule has 0 saturated carbocycles. The number of rotatable bonds is 4. The van der Waals surface area contributed by atoms with Gasteiger partial charge in [0.25, 0.3) is 0 Å². The van der Waals surface area contributed by atoms with Crippen LogP contribution >= 0.6 is 11.8 Å². The van der Waals surface area contributed by atoms with Gasteiger partial charge < -0.3 is 14.6 Å². The number of ether oxygens (including phenoxy) is 2.